The molecule has 0 saturated heterocycles. The molecule has 124 valence electrons. The van der Waals surface area contributed by atoms with E-state index in [1.165, 1.54) is 25.1 Å². The Hall–Kier alpha value is -2.31. The number of hydrogen-bond donors (Lipinski definition) is 2. The number of carbonyl (C=O) groups excluding carboxylic acids is 2. The van der Waals surface area contributed by atoms with Crippen molar-refractivity contribution in [2.24, 2.45) is 0 Å². The van der Waals surface area contributed by atoms with E-state index in [0.717, 1.165) is 6.07 Å². The van der Waals surface area contributed by atoms with Gasteiger partial charge in [0.05, 0.1) is 10.7 Å². The van der Waals surface area contributed by atoms with E-state index in [1.54, 1.807) is 12.1 Å². The molecule has 1 atom stereocenters. The maximum absolute atomic E-state index is 13.2. The molecule has 0 fully saturated rings. The number of halogens is 3. The molecule has 0 aliphatic carbocycles. The molecular formula is C16H11Cl2FN2O3. The van der Waals surface area contributed by atoms with Crippen molar-refractivity contribution in [1.82, 2.24) is 0 Å². The van der Waals surface area contributed by atoms with Gasteiger partial charge < -0.3 is 15.4 Å². The molecule has 3 rings (SSSR count). The molecule has 2 aromatic rings. The van der Waals surface area contributed by atoms with Crippen molar-refractivity contribution < 1.29 is 18.7 Å². The Morgan fingerprint density at radius 2 is 2.00 bits per heavy atom. The molecule has 0 spiro atoms. The lowest BCUT2D eigenvalue weighted by Gasteiger charge is -2.33. The fourth-order valence-corrected chi connectivity index (χ4v) is 2.52. The number of fused-ring (bicyclic) bond motifs is 1. The van der Waals surface area contributed by atoms with Gasteiger partial charge in [-0.1, -0.05) is 23.2 Å². The summed E-state index contributed by atoms with van der Waals surface area (Å²) in [4.78, 5) is 24.8. The number of carbonyl (C=O) groups is 2. The van der Waals surface area contributed by atoms with Gasteiger partial charge in [-0.05, 0) is 43.3 Å². The number of amides is 2. The van der Waals surface area contributed by atoms with Crippen molar-refractivity contribution in [1.29, 1.82) is 0 Å². The molecule has 1 unspecified atom stereocenters. The van der Waals surface area contributed by atoms with Gasteiger partial charge in [-0.15, -0.1) is 0 Å². The van der Waals surface area contributed by atoms with E-state index < -0.39 is 23.2 Å². The summed E-state index contributed by atoms with van der Waals surface area (Å²) < 4.78 is 18.8. The molecule has 1 aliphatic heterocycles. The molecule has 5 nitrogen and oxygen atoms in total. The van der Waals surface area contributed by atoms with Crippen LogP contribution in [0.5, 0.6) is 5.75 Å². The minimum absolute atomic E-state index is 0.146. The van der Waals surface area contributed by atoms with Crippen molar-refractivity contribution in [2.45, 2.75) is 12.5 Å². The minimum Gasteiger partial charge on any atom is -0.466 e. The van der Waals surface area contributed by atoms with E-state index in [-0.39, 0.29) is 10.7 Å². The molecule has 0 radical (unpaired) electrons. The van der Waals surface area contributed by atoms with Crippen LogP contribution in [0.3, 0.4) is 0 Å². The summed E-state index contributed by atoms with van der Waals surface area (Å²) in [5.74, 6) is -1.67. The smallest absolute Gasteiger partial charge is 0.278 e. The van der Waals surface area contributed by atoms with Crippen LogP contribution in [-0.4, -0.2) is 17.4 Å². The number of ether oxygens (including phenoxy) is 1. The Balaban J connectivity index is 1.87. The number of rotatable bonds is 2. The van der Waals surface area contributed by atoms with E-state index in [4.69, 9.17) is 27.9 Å². The van der Waals surface area contributed by atoms with Gasteiger partial charge in [0.1, 0.15) is 11.6 Å². The highest BCUT2D eigenvalue weighted by Gasteiger charge is 2.47. The molecule has 2 N–H and O–H groups in total. The van der Waals surface area contributed by atoms with E-state index in [1.807, 2.05) is 0 Å². The van der Waals surface area contributed by atoms with Crippen molar-refractivity contribution in [3.05, 3.63) is 52.3 Å². The summed E-state index contributed by atoms with van der Waals surface area (Å²) in [6.07, 6.45) is 0. The zero-order valence-corrected chi connectivity index (χ0v) is 13.8. The second-order valence-corrected chi connectivity index (χ2v) is 6.16. The average molecular weight is 369 g/mol. The molecule has 0 saturated carbocycles. The van der Waals surface area contributed by atoms with E-state index in [9.17, 15) is 14.0 Å². The Labute approximate surface area is 146 Å². The Morgan fingerprint density at radius 3 is 2.71 bits per heavy atom. The van der Waals surface area contributed by atoms with Crippen molar-refractivity contribution in [2.75, 3.05) is 10.6 Å². The van der Waals surface area contributed by atoms with E-state index in [2.05, 4.69) is 10.6 Å². The van der Waals surface area contributed by atoms with Crippen LogP contribution in [-0.2, 0) is 9.59 Å². The molecule has 24 heavy (non-hydrogen) atoms. The van der Waals surface area contributed by atoms with Gasteiger partial charge in [-0.2, -0.15) is 0 Å². The van der Waals surface area contributed by atoms with Crippen LogP contribution in [0.1, 0.15) is 6.92 Å². The number of nitrogens with one attached hydrogen (secondary N) is 2. The Morgan fingerprint density at radius 1 is 1.25 bits per heavy atom. The van der Waals surface area contributed by atoms with Gasteiger partial charge in [0.15, 0.2) is 0 Å². The largest absolute Gasteiger partial charge is 0.466 e. The van der Waals surface area contributed by atoms with Crippen LogP contribution in [0.4, 0.5) is 15.8 Å². The van der Waals surface area contributed by atoms with Gasteiger partial charge in [0, 0.05) is 10.7 Å². The van der Waals surface area contributed by atoms with Gasteiger partial charge in [0.25, 0.3) is 17.4 Å². The predicted octanol–water partition coefficient (Wildman–Crippen LogP) is 3.86. The molecule has 2 aromatic carbocycles. The minimum atomic E-state index is -1.80. The summed E-state index contributed by atoms with van der Waals surface area (Å²) in [5.41, 5.74) is -1.18. The van der Waals surface area contributed by atoms with E-state index in [0.29, 0.717) is 16.5 Å². The lowest BCUT2D eigenvalue weighted by molar-refractivity contribution is -0.143. The quantitative estimate of drug-likeness (QED) is 0.790. The fourth-order valence-electron chi connectivity index (χ4n) is 2.17. The number of benzene rings is 2. The summed E-state index contributed by atoms with van der Waals surface area (Å²) in [6.45, 7) is 1.33. The molecule has 0 bridgehead atoms. The third kappa shape index (κ3) is 2.90. The maximum Gasteiger partial charge on any atom is 0.278 e. The summed E-state index contributed by atoms with van der Waals surface area (Å²) in [6, 6.07) is 8.34. The SMILES string of the molecule is CC1(C(=O)Nc2ccc(F)c(Cl)c2)Oc2ccc(Cl)cc2NC1=O. The average Bonchev–Trinajstić information content (AvgIpc) is 2.52. The zero-order chi connectivity index (χ0) is 17.5. The van der Waals surface area contributed by atoms with Crippen molar-refractivity contribution in [3.63, 3.8) is 0 Å². The highest BCUT2D eigenvalue weighted by atomic mass is 35.5. The van der Waals surface area contributed by atoms with Crippen molar-refractivity contribution in [3.8, 4) is 5.75 Å². The van der Waals surface area contributed by atoms with Crippen LogP contribution in [0.15, 0.2) is 36.4 Å². The van der Waals surface area contributed by atoms with Gasteiger partial charge >= 0.3 is 0 Å². The molecular weight excluding hydrogens is 358 g/mol. The Bertz CT molecular complexity index is 859. The predicted molar refractivity (Wildman–Crippen MR) is 89.2 cm³/mol. The highest BCUT2D eigenvalue weighted by Crippen LogP contribution is 2.36. The van der Waals surface area contributed by atoms with Crippen LogP contribution >= 0.6 is 23.2 Å². The van der Waals surface area contributed by atoms with Gasteiger partial charge in [-0.3, -0.25) is 9.59 Å². The lowest BCUT2D eigenvalue weighted by Crippen LogP contribution is -2.56. The van der Waals surface area contributed by atoms with Crippen LogP contribution < -0.4 is 15.4 Å². The third-order valence-corrected chi connectivity index (χ3v) is 4.07. The summed E-state index contributed by atoms with van der Waals surface area (Å²) in [5, 5.41) is 5.35. The lowest BCUT2D eigenvalue weighted by atomic mass is 10.0. The second-order valence-electron chi connectivity index (χ2n) is 5.31. The first-order chi connectivity index (χ1) is 11.3. The molecule has 2 amide bonds. The molecule has 1 aliphatic rings. The van der Waals surface area contributed by atoms with Crippen LogP contribution in [0.2, 0.25) is 10.0 Å². The van der Waals surface area contributed by atoms with Crippen molar-refractivity contribution >= 4 is 46.4 Å². The van der Waals surface area contributed by atoms with Gasteiger partial charge in [-0.25, -0.2) is 4.39 Å². The highest BCUT2D eigenvalue weighted by molar-refractivity contribution is 6.31. The first-order valence-corrected chi connectivity index (χ1v) is 7.62. The topological polar surface area (TPSA) is 67.4 Å². The normalized spacial score (nSPS) is 19.1. The van der Waals surface area contributed by atoms with Crippen LogP contribution in [0.25, 0.3) is 0 Å². The zero-order valence-electron chi connectivity index (χ0n) is 12.3. The first-order valence-electron chi connectivity index (χ1n) is 6.86. The molecule has 0 aromatic heterocycles. The summed E-state index contributed by atoms with van der Waals surface area (Å²) >= 11 is 11.5. The van der Waals surface area contributed by atoms with Gasteiger partial charge in [0.2, 0.25) is 0 Å². The molecule has 8 heteroatoms. The molecule has 1 heterocycles. The summed E-state index contributed by atoms with van der Waals surface area (Å²) in [7, 11) is 0. The first kappa shape index (κ1) is 16.5. The van der Waals surface area contributed by atoms with Crippen LogP contribution in [0, 0.1) is 5.82 Å². The number of anilines is 2. The maximum atomic E-state index is 13.2. The third-order valence-electron chi connectivity index (χ3n) is 3.55. The standard InChI is InChI=1S/C16H11Cl2FN2O3/c1-16(14(22)20-9-3-4-11(19)10(18)7-9)15(23)21-12-6-8(17)2-5-13(12)24-16/h2-7H,1H3,(H,20,22)(H,21,23). The monoisotopic (exact) mass is 368 g/mol. The van der Waals surface area contributed by atoms with E-state index >= 15 is 0 Å². The Kier molecular flexibility index (Phi) is 4.11. The second kappa shape index (κ2) is 5.96. The number of hydrogen-bond acceptors (Lipinski definition) is 3. The fraction of sp³-hybridized carbons (Fsp3) is 0.125.